The Kier molecular flexibility index (Phi) is 6.13. The number of carbonyl (C=O) groups excluding carboxylic acids is 1. The first kappa shape index (κ1) is 22.4. The van der Waals surface area contributed by atoms with Crippen molar-refractivity contribution >= 4 is 12.0 Å². The number of pyridine rings is 1. The summed E-state index contributed by atoms with van der Waals surface area (Å²) in [6.45, 7) is 5.66. The molecular weight excluding hydrogens is 430 g/mol. The van der Waals surface area contributed by atoms with Crippen LogP contribution in [0.2, 0.25) is 0 Å². The van der Waals surface area contributed by atoms with Crippen molar-refractivity contribution in [3.05, 3.63) is 77.3 Å². The van der Waals surface area contributed by atoms with Gasteiger partial charge in [0.15, 0.2) is 5.76 Å². The highest BCUT2D eigenvalue weighted by Gasteiger charge is 2.34. The van der Waals surface area contributed by atoms with Crippen LogP contribution in [0.4, 0.5) is 8.78 Å². The van der Waals surface area contributed by atoms with Crippen LogP contribution in [0, 0.1) is 18.8 Å². The second-order valence-corrected chi connectivity index (χ2v) is 7.94. The quantitative estimate of drug-likeness (QED) is 0.427. The van der Waals surface area contributed by atoms with Crippen LogP contribution in [0.3, 0.4) is 0 Å². The maximum absolute atomic E-state index is 14.2. The number of imidazole rings is 1. The van der Waals surface area contributed by atoms with Crippen molar-refractivity contribution in [2.75, 3.05) is 13.7 Å². The van der Waals surface area contributed by atoms with E-state index in [1.165, 1.54) is 11.0 Å². The maximum Gasteiger partial charge on any atom is 0.289 e. The Morgan fingerprint density at radius 3 is 2.73 bits per heavy atom. The first-order valence-corrected chi connectivity index (χ1v) is 10.5. The van der Waals surface area contributed by atoms with E-state index in [1.807, 2.05) is 36.7 Å². The molecule has 0 aliphatic carbocycles. The van der Waals surface area contributed by atoms with Gasteiger partial charge in [-0.3, -0.25) is 4.79 Å². The third-order valence-electron chi connectivity index (χ3n) is 5.51. The fourth-order valence-electron chi connectivity index (χ4n) is 3.84. The number of hydrogen-bond acceptors (Lipinski definition) is 5. The molecule has 0 N–H and O–H groups in total. The van der Waals surface area contributed by atoms with E-state index in [0.29, 0.717) is 11.3 Å². The fraction of sp³-hybridized carbons (Fsp3) is 0.292. The number of aryl methyl sites for hydroxylation is 1. The highest BCUT2D eigenvalue weighted by atomic mass is 19.1. The number of amides is 1. The van der Waals surface area contributed by atoms with Crippen molar-refractivity contribution in [3.63, 3.8) is 0 Å². The molecule has 1 aliphatic rings. The summed E-state index contributed by atoms with van der Waals surface area (Å²) < 4.78 is 40.6. The number of benzene rings is 1. The van der Waals surface area contributed by atoms with Gasteiger partial charge in [0.2, 0.25) is 11.9 Å². The fourth-order valence-corrected chi connectivity index (χ4v) is 3.84. The minimum Gasteiger partial charge on any atom is -0.495 e. The Morgan fingerprint density at radius 2 is 2.06 bits per heavy atom. The lowest BCUT2D eigenvalue weighted by Gasteiger charge is -2.37. The van der Waals surface area contributed by atoms with Crippen molar-refractivity contribution in [1.29, 1.82) is 0 Å². The van der Waals surface area contributed by atoms with Crippen LogP contribution in [-0.4, -0.2) is 45.1 Å². The molecule has 1 amide bonds. The van der Waals surface area contributed by atoms with Crippen LogP contribution in [0.5, 0.6) is 5.75 Å². The number of rotatable bonds is 5. The van der Waals surface area contributed by atoms with Gasteiger partial charge >= 0.3 is 0 Å². The Balaban J connectivity index is 1.64. The summed E-state index contributed by atoms with van der Waals surface area (Å²) in [5.41, 5.74) is 2.52. The van der Waals surface area contributed by atoms with Crippen molar-refractivity contribution in [2.24, 2.45) is 0 Å². The number of halogens is 2. The van der Waals surface area contributed by atoms with Gasteiger partial charge in [0.05, 0.1) is 37.4 Å². The molecule has 3 heterocycles. The topological polar surface area (TPSA) is 69.5 Å². The average molecular weight is 454 g/mol. The van der Waals surface area contributed by atoms with E-state index in [-0.39, 0.29) is 24.0 Å². The number of morpholine rings is 1. The Labute approximate surface area is 190 Å². The molecule has 2 atom stereocenters. The molecule has 0 radical (unpaired) electrons. The Morgan fingerprint density at radius 1 is 1.27 bits per heavy atom. The summed E-state index contributed by atoms with van der Waals surface area (Å²) in [4.78, 5) is 22.2. The predicted molar refractivity (Wildman–Crippen MR) is 118 cm³/mol. The molecule has 3 aromatic rings. The van der Waals surface area contributed by atoms with Gasteiger partial charge in [-0.2, -0.15) is 13.8 Å². The van der Waals surface area contributed by atoms with Crippen LogP contribution >= 0.6 is 0 Å². The monoisotopic (exact) mass is 454 g/mol. The maximum atomic E-state index is 14.2. The van der Waals surface area contributed by atoms with E-state index in [4.69, 9.17) is 9.47 Å². The lowest BCUT2D eigenvalue weighted by molar-refractivity contribution is -0.141. The molecule has 7 nitrogen and oxygen atoms in total. The molecule has 33 heavy (non-hydrogen) atoms. The molecule has 9 heteroatoms. The van der Waals surface area contributed by atoms with Crippen LogP contribution in [0.1, 0.15) is 36.7 Å². The van der Waals surface area contributed by atoms with E-state index in [1.54, 1.807) is 32.5 Å². The average Bonchev–Trinajstić information content (AvgIpc) is 3.21. The van der Waals surface area contributed by atoms with Gasteiger partial charge in [0.25, 0.3) is 5.91 Å². The van der Waals surface area contributed by atoms with Crippen molar-refractivity contribution < 1.29 is 23.0 Å². The molecule has 0 spiro atoms. The summed E-state index contributed by atoms with van der Waals surface area (Å²) in [6, 6.07) is 7.24. The van der Waals surface area contributed by atoms with Crippen LogP contribution < -0.4 is 4.74 Å². The van der Waals surface area contributed by atoms with Gasteiger partial charge in [-0.05, 0) is 56.7 Å². The van der Waals surface area contributed by atoms with Crippen molar-refractivity contribution in [1.82, 2.24) is 19.4 Å². The van der Waals surface area contributed by atoms with Crippen LogP contribution in [0.15, 0.2) is 48.6 Å². The molecule has 1 aromatic carbocycles. The lowest BCUT2D eigenvalue weighted by Crippen LogP contribution is -2.45. The Bertz CT molecular complexity index is 1220. The predicted octanol–water partition coefficient (Wildman–Crippen LogP) is 4.21. The molecule has 0 saturated carbocycles. The molecule has 1 unspecified atom stereocenters. The zero-order valence-corrected chi connectivity index (χ0v) is 18.8. The molecule has 1 fully saturated rings. The van der Waals surface area contributed by atoms with Crippen LogP contribution in [-0.2, 0) is 9.53 Å². The minimum absolute atomic E-state index is 0.129. The second kappa shape index (κ2) is 9.01. The number of carbonyl (C=O) groups is 1. The van der Waals surface area contributed by atoms with E-state index in [9.17, 15) is 13.6 Å². The number of ether oxygens (including phenoxy) is 2. The highest BCUT2D eigenvalue weighted by molar-refractivity contribution is 5.96. The number of hydrogen-bond donors (Lipinski definition) is 0. The normalized spacial score (nSPS) is 18.4. The Hall–Kier alpha value is -3.75. The molecule has 2 aromatic heterocycles. The van der Waals surface area contributed by atoms with Gasteiger partial charge in [0, 0.05) is 11.8 Å². The zero-order chi connectivity index (χ0) is 23.7. The van der Waals surface area contributed by atoms with E-state index >= 15 is 0 Å². The van der Waals surface area contributed by atoms with Gasteiger partial charge < -0.3 is 18.9 Å². The number of methoxy groups -OCH3 is 1. The minimum atomic E-state index is -0.935. The van der Waals surface area contributed by atoms with E-state index < -0.39 is 23.8 Å². The SMILES string of the molecule is COc1cc(C=C2OC(C)CN([C@@H](C)c3ccc(F)nc3F)C2=O)ccc1-n1cnc(C)c1. The molecule has 1 aliphatic heterocycles. The first-order valence-electron chi connectivity index (χ1n) is 10.5. The summed E-state index contributed by atoms with van der Waals surface area (Å²) in [6.07, 6.45) is 4.89. The molecule has 172 valence electrons. The van der Waals surface area contributed by atoms with Gasteiger partial charge in [0.1, 0.15) is 11.9 Å². The first-order chi connectivity index (χ1) is 15.8. The van der Waals surface area contributed by atoms with Crippen molar-refractivity contribution in [3.8, 4) is 11.4 Å². The molecule has 4 rings (SSSR count). The number of aromatic nitrogens is 3. The van der Waals surface area contributed by atoms with E-state index in [2.05, 4.69) is 9.97 Å². The van der Waals surface area contributed by atoms with Crippen molar-refractivity contribution in [2.45, 2.75) is 32.9 Å². The van der Waals surface area contributed by atoms with Gasteiger partial charge in [-0.1, -0.05) is 6.07 Å². The summed E-state index contributed by atoms with van der Waals surface area (Å²) in [5, 5.41) is 0. The third-order valence-corrected chi connectivity index (χ3v) is 5.51. The molecule has 1 saturated heterocycles. The smallest absolute Gasteiger partial charge is 0.289 e. The zero-order valence-electron chi connectivity index (χ0n) is 18.8. The van der Waals surface area contributed by atoms with Crippen LogP contribution in [0.25, 0.3) is 11.8 Å². The van der Waals surface area contributed by atoms with Gasteiger partial charge in [-0.15, -0.1) is 0 Å². The highest BCUT2D eigenvalue weighted by Crippen LogP contribution is 2.30. The lowest BCUT2D eigenvalue weighted by atomic mass is 10.1. The largest absolute Gasteiger partial charge is 0.495 e. The standard InChI is InChI=1S/C24H24F2N4O3/c1-14-11-29(13-27-14)19-7-5-17(9-20(19)32-4)10-21-24(31)30(12-15(2)33-21)16(3)18-6-8-22(25)28-23(18)26/h5-11,13,15-16H,12H2,1-4H3/t15?,16-/m0/s1. The number of nitrogens with zero attached hydrogens (tertiary/aromatic N) is 4. The van der Waals surface area contributed by atoms with E-state index in [0.717, 1.165) is 17.4 Å². The molecule has 0 bridgehead atoms. The summed E-state index contributed by atoms with van der Waals surface area (Å²) in [5.74, 6) is -1.51. The summed E-state index contributed by atoms with van der Waals surface area (Å²) >= 11 is 0. The van der Waals surface area contributed by atoms with Gasteiger partial charge in [-0.25, -0.2) is 4.98 Å². The summed E-state index contributed by atoms with van der Waals surface area (Å²) in [7, 11) is 1.57. The third kappa shape index (κ3) is 4.57. The molecular formula is C24H24F2N4O3. The second-order valence-electron chi connectivity index (χ2n) is 7.94.